The third-order valence-electron chi connectivity index (χ3n) is 14.3. The fourth-order valence-electron chi connectivity index (χ4n) is 10.3. The number of aliphatic hydroxyl groups is 2. The summed E-state index contributed by atoms with van der Waals surface area (Å²) in [7, 11) is 17.0. The number of quaternary nitrogens is 2. The van der Waals surface area contributed by atoms with Crippen LogP contribution < -0.4 is 37.9 Å². The fraction of sp³-hybridized carbons (Fsp3) is 0.519. The molecular weight excluding hydrogens is 901 g/mol. The quantitative estimate of drug-likeness (QED) is 0.0426. The van der Waals surface area contributed by atoms with E-state index in [1.165, 1.54) is 0 Å². The molecule has 0 amide bonds. The molecule has 382 valence electrons. The number of hydrogen-bond acceptors (Lipinski definition) is 14. The minimum Gasteiger partial charge on any atom is -0.493 e. The maximum Gasteiger partial charge on any atom is 0.340 e. The van der Waals surface area contributed by atoms with Crippen molar-refractivity contribution in [3.63, 3.8) is 0 Å². The third kappa shape index (κ3) is 12.3. The highest BCUT2D eigenvalue weighted by Crippen LogP contribution is 2.45. The van der Waals surface area contributed by atoms with Crippen LogP contribution in [0.5, 0.6) is 46.0 Å². The lowest BCUT2D eigenvalue weighted by atomic mass is 9.86. The standard InChI is InChI=1S/C54H74N2O14/c1-55(21-19-37-29-49(65-7)51(67-9)31-39(37)41(55)25-35-15-17-45(61-3)47(27-35)63-5)33-43(57)53(59)69-23-13-11-12-14-24-70-54(60)44(58)34-56(2)22-20-38-30-50(66-8)52(68-10)32-40(38)42(56)26-36-16-18-46(62-4)48(28-36)64-6/h15-18,27-32,41-44,57-58H,11-14,19-26,33-34H2,1-10H3/q+2/t41-,42-,43-,44+,55?,56?/m1/s1. The number of benzene rings is 4. The summed E-state index contributed by atoms with van der Waals surface area (Å²) in [5.41, 5.74) is 6.40. The van der Waals surface area contributed by atoms with Gasteiger partial charge in [-0.05, 0) is 96.5 Å². The third-order valence-corrected chi connectivity index (χ3v) is 14.3. The highest BCUT2D eigenvalue weighted by molar-refractivity contribution is 5.75. The van der Waals surface area contributed by atoms with Crippen LogP contribution in [0.2, 0.25) is 0 Å². The Labute approximate surface area is 413 Å². The normalized spacial score (nSPS) is 20.2. The van der Waals surface area contributed by atoms with E-state index in [-0.39, 0.29) is 38.4 Å². The molecule has 0 saturated carbocycles. The minimum absolute atomic E-state index is 0.145. The van der Waals surface area contributed by atoms with Crippen LogP contribution in [0.3, 0.4) is 0 Å². The summed E-state index contributed by atoms with van der Waals surface area (Å²) >= 11 is 0. The van der Waals surface area contributed by atoms with Crippen molar-refractivity contribution in [3.8, 4) is 46.0 Å². The molecular formula is C54H74N2O14+2. The summed E-state index contributed by atoms with van der Waals surface area (Å²) in [5.74, 6) is 3.70. The van der Waals surface area contributed by atoms with Gasteiger partial charge in [0.25, 0.3) is 0 Å². The van der Waals surface area contributed by atoms with Crippen LogP contribution in [0.4, 0.5) is 0 Å². The smallest absolute Gasteiger partial charge is 0.340 e. The molecule has 6 rings (SSSR count). The first kappa shape index (κ1) is 53.4. The molecule has 16 heteroatoms. The molecule has 0 radical (unpaired) electrons. The molecule has 0 spiro atoms. The summed E-state index contributed by atoms with van der Waals surface area (Å²) in [4.78, 5) is 26.5. The van der Waals surface area contributed by atoms with Gasteiger partial charge in [-0.1, -0.05) is 12.1 Å². The Morgan fingerprint density at radius 3 is 1.16 bits per heavy atom. The molecule has 0 bridgehead atoms. The molecule has 70 heavy (non-hydrogen) atoms. The second kappa shape index (κ2) is 24.3. The van der Waals surface area contributed by atoms with E-state index in [1.54, 1.807) is 56.9 Å². The average molecular weight is 975 g/mol. The lowest BCUT2D eigenvalue weighted by molar-refractivity contribution is -0.943. The molecule has 0 saturated heterocycles. The number of carbonyl (C=O) groups is 2. The van der Waals surface area contributed by atoms with Gasteiger partial charge in [0, 0.05) is 36.8 Å². The van der Waals surface area contributed by atoms with E-state index in [0.29, 0.717) is 119 Å². The van der Waals surface area contributed by atoms with Crippen LogP contribution in [0, 0.1) is 0 Å². The molecule has 2 N–H and O–H groups in total. The number of aliphatic hydroxyl groups excluding tert-OH is 2. The first-order chi connectivity index (χ1) is 33.7. The Balaban J connectivity index is 0.995. The van der Waals surface area contributed by atoms with Gasteiger partial charge in [-0.2, -0.15) is 0 Å². The van der Waals surface area contributed by atoms with Gasteiger partial charge in [0.05, 0.1) is 97.3 Å². The van der Waals surface area contributed by atoms with Crippen molar-refractivity contribution in [1.82, 2.24) is 0 Å². The number of ether oxygens (including phenoxy) is 10. The molecule has 16 nitrogen and oxygen atoms in total. The maximum absolute atomic E-state index is 13.3. The van der Waals surface area contributed by atoms with Crippen molar-refractivity contribution in [3.05, 3.63) is 94.0 Å². The van der Waals surface area contributed by atoms with Crippen molar-refractivity contribution in [1.29, 1.82) is 0 Å². The zero-order valence-electron chi connectivity index (χ0n) is 42.7. The number of unbranched alkanes of at least 4 members (excludes halogenated alkanes) is 3. The summed E-state index contributed by atoms with van der Waals surface area (Å²) < 4.78 is 56.8. The fourth-order valence-corrected chi connectivity index (χ4v) is 10.3. The first-order valence-electron chi connectivity index (χ1n) is 24.0. The maximum atomic E-state index is 13.3. The Morgan fingerprint density at radius 2 is 0.814 bits per heavy atom. The van der Waals surface area contributed by atoms with E-state index >= 15 is 0 Å². The molecule has 0 fully saturated rings. The lowest BCUT2D eigenvalue weighted by Crippen LogP contribution is -2.56. The van der Waals surface area contributed by atoms with Gasteiger partial charge in [0.2, 0.25) is 12.2 Å². The Kier molecular flexibility index (Phi) is 18.5. The van der Waals surface area contributed by atoms with Gasteiger partial charge in [0.1, 0.15) is 25.2 Å². The van der Waals surface area contributed by atoms with E-state index in [0.717, 1.165) is 33.4 Å². The Hall–Kier alpha value is -5.94. The van der Waals surface area contributed by atoms with Crippen LogP contribution in [-0.4, -0.2) is 154 Å². The van der Waals surface area contributed by atoms with Crippen LogP contribution in [0.15, 0.2) is 60.7 Å². The number of esters is 2. The summed E-state index contributed by atoms with van der Waals surface area (Å²) in [5, 5.41) is 22.7. The number of rotatable bonds is 25. The number of methoxy groups -OCH3 is 8. The average Bonchev–Trinajstić information content (AvgIpc) is 3.37. The van der Waals surface area contributed by atoms with Crippen LogP contribution >= 0.6 is 0 Å². The molecule has 4 aromatic carbocycles. The van der Waals surface area contributed by atoms with E-state index < -0.39 is 24.1 Å². The van der Waals surface area contributed by atoms with E-state index in [9.17, 15) is 19.8 Å². The molecule has 2 aliphatic rings. The lowest BCUT2D eigenvalue weighted by Gasteiger charge is -2.46. The molecule has 2 unspecified atom stereocenters. The van der Waals surface area contributed by atoms with Crippen molar-refractivity contribution < 1.29 is 76.1 Å². The molecule has 0 aliphatic carbocycles. The van der Waals surface area contributed by atoms with Crippen molar-refractivity contribution in [2.45, 2.75) is 75.7 Å². The Bertz CT molecular complexity index is 2250. The topological polar surface area (TPSA) is 167 Å². The minimum atomic E-state index is -1.35. The van der Waals surface area contributed by atoms with Crippen LogP contribution in [0.25, 0.3) is 0 Å². The number of hydrogen-bond donors (Lipinski definition) is 2. The van der Waals surface area contributed by atoms with Gasteiger partial charge in [-0.3, -0.25) is 0 Å². The monoisotopic (exact) mass is 975 g/mol. The summed E-state index contributed by atoms with van der Waals surface area (Å²) in [6, 6.07) is 19.5. The largest absolute Gasteiger partial charge is 0.493 e. The molecule has 0 aromatic heterocycles. The number of fused-ring (bicyclic) bond motifs is 2. The number of likely N-dealkylation sites (N-methyl/N-ethyl adjacent to an activating group) is 2. The predicted octanol–water partition coefficient (Wildman–Crippen LogP) is 6.40. The van der Waals surface area contributed by atoms with E-state index in [4.69, 9.17) is 47.4 Å². The van der Waals surface area contributed by atoms with Crippen molar-refractivity contribution in [2.75, 3.05) is 110 Å². The van der Waals surface area contributed by atoms with Gasteiger partial charge >= 0.3 is 11.9 Å². The summed E-state index contributed by atoms with van der Waals surface area (Å²) in [6.07, 6.45) is 2.51. The summed E-state index contributed by atoms with van der Waals surface area (Å²) in [6.45, 7) is 1.94. The van der Waals surface area contributed by atoms with Gasteiger partial charge in [-0.15, -0.1) is 0 Å². The van der Waals surface area contributed by atoms with Gasteiger partial charge in [0.15, 0.2) is 46.0 Å². The SMILES string of the molecule is COc1ccc(C[C@@H]2c3cc(OC)c(OC)cc3CC[N+]2(C)C[C@@H](O)C(=O)OCCCCCCOC(=O)[C@@H](O)C[N+]2(C)CCc3cc(OC)c(OC)cc3[C@H]2Cc2ccc(OC)c(OC)c2)cc1OC. The highest BCUT2D eigenvalue weighted by Gasteiger charge is 2.44. The second-order valence-corrected chi connectivity index (χ2v) is 18.7. The second-order valence-electron chi connectivity index (χ2n) is 18.7. The zero-order chi connectivity index (χ0) is 50.6. The molecule has 4 aromatic rings. The number of carbonyl (C=O) groups excluding carboxylic acids is 2. The van der Waals surface area contributed by atoms with E-state index in [2.05, 4.69) is 14.1 Å². The predicted molar refractivity (Wildman–Crippen MR) is 263 cm³/mol. The highest BCUT2D eigenvalue weighted by atomic mass is 16.6. The van der Waals surface area contributed by atoms with Gasteiger partial charge < -0.3 is 66.5 Å². The van der Waals surface area contributed by atoms with Crippen LogP contribution in [0.1, 0.15) is 71.1 Å². The Morgan fingerprint density at radius 1 is 0.486 bits per heavy atom. The van der Waals surface area contributed by atoms with E-state index in [1.807, 2.05) is 60.7 Å². The molecule has 2 aliphatic heterocycles. The number of nitrogens with zero attached hydrogens (tertiary/aromatic N) is 2. The van der Waals surface area contributed by atoms with Crippen molar-refractivity contribution in [2.24, 2.45) is 0 Å². The molecule has 2 heterocycles. The van der Waals surface area contributed by atoms with Gasteiger partial charge in [-0.25, -0.2) is 9.59 Å². The first-order valence-corrected chi connectivity index (χ1v) is 24.0. The van der Waals surface area contributed by atoms with Crippen molar-refractivity contribution >= 4 is 11.9 Å². The zero-order valence-corrected chi connectivity index (χ0v) is 42.7. The van der Waals surface area contributed by atoms with Crippen LogP contribution in [-0.2, 0) is 44.7 Å². The molecule has 6 atom stereocenters.